The Morgan fingerprint density at radius 1 is 1.43 bits per heavy atom. The van der Waals surface area contributed by atoms with Crippen molar-refractivity contribution in [1.82, 2.24) is 20.3 Å². The number of nitrogens with zero attached hydrogens (tertiary/aromatic N) is 3. The Labute approximate surface area is 130 Å². The number of carbonyl (C=O) groups is 1. The maximum absolute atomic E-state index is 12.0. The highest BCUT2D eigenvalue weighted by Gasteiger charge is 2.23. The van der Waals surface area contributed by atoms with E-state index in [1.54, 1.807) is 6.20 Å². The quantitative estimate of drug-likeness (QED) is 0.833. The van der Waals surface area contributed by atoms with Gasteiger partial charge in [0.1, 0.15) is 5.69 Å². The van der Waals surface area contributed by atoms with E-state index in [0.29, 0.717) is 23.8 Å². The molecule has 6 nitrogen and oxygen atoms in total. The Balaban J connectivity index is 2.19. The SMILES string of the molecule is COC(=O)c1nc(-c2ncccc2Br)nc2c1CNCC2. The first-order valence-electron chi connectivity index (χ1n) is 6.50. The molecule has 1 aliphatic heterocycles. The molecule has 0 aromatic carbocycles. The molecule has 2 aromatic rings. The summed E-state index contributed by atoms with van der Waals surface area (Å²) in [5.74, 6) is -0.0193. The lowest BCUT2D eigenvalue weighted by molar-refractivity contribution is 0.0592. The number of nitrogens with one attached hydrogen (secondary N) is 1. The van der Waals surface area contributed by atoms with Crippen LogP contribution in [-0.2, 0) is 17.7 Å². The third-order valence-corrected chi connectivity index (χ3v) is 3.92. The average Bonchev–Trinajstić information content (AvgIpc) is 2.53. The number of hydrogen-bond acceptors (Lipinski definition) is 6. The first kappa shape index (κ1) is 14.1. The van der Waals surface area contributed by atoms with E-state index in [1.807, 2.05) is 12.1 Å². The van der Waals surface area contributed by atoms with Gasteiger partial charge in [0.25, 0.3) is 0 Å². The molecule has 1 N–H and O–H groups in total. The van der Waals surface area contributed by atoms with Gasteiger partial charge < -0.3 is 10.1 Å². The fraction of sp³-hybridized carbons (Fsp3) is 0.286. The maximum Gasteiger partial charge on any atom is 0.357 e. The molecule has 0 spiro atoms. The van der Waals surface area contributed by atoms with Crippen molar-refractivity contribution in [3.05, 3.63) is 39.8 Å². The fourth-order valence-corrected chi connectivity index (χ4v) is 2.70. The second-order valence-corrected chi connectivity index (χ2v) is 5.43. The van der Waals surface area contributed by atoms with Gasteiger partial charge in [-0.25, -0.2) is 14.8 Å². The molecule has 3 heterocycles. The Kier molecular flexibility index (Phi) is 3.94. The second-order valence-electron chi connectivity index (χ2n) is 4.57. The third kappa shape index (κ3) is 2.66. The van der Waals surface area contributed by atoms with E-state index in [1.165, 1.54) is 7.11 Å². The zero-order valence-electron chi connectivity index (χ0n) is 11.4. The fourth-order valence-electron chi connectivity index (χ4n) is 2.26. The molecule has 0 amide bonds. The van der Waals surface area contributed by atoms with Gasteiger partial charge in [0.05, 0.1) is 12.8 Å². The maximum atomic E-state index is 12.0. The van der Waals surface area contributed by atoms with Crippen molar-refractivity contribution < 1.29 is 9.53 Å². The number of esters is 1. The lowest BCUT2D eigenvalue weighted by Crippen LogP contribution is -2.28. The van der Waals surface area contributed by atoms with Crippen molar-refractivity contribution in [2.75, 3.05) is 13.7 Å². The molecule has 0 fully saturated rings. The second kappa shape index (κ2) is 5.87. The highest BCUT2D eigenvalue weighted by atomic mass is 79.9. The van der Waals surface area contributed by atoms with Gasteiger partial charge in [0.2, 0.25) is 0 Å². The first-order valence-corrected chi connectivity index (χ1v) is 7.29. The average molecular weight is 349 g/mol. The Morgan fingerprint density at radius 2 is 2.29 bits per heavy atom. The minimum Gasteiger partial charge on any atom is -0.464 e. The lowest BCUT2D eigenvalue weighted by Gasteiger charge is -2.19. The van der Waals surface area contributed by atoms with Crippen molar-refractivity contribution in [2.45, 2.75) is 13.0 Å². The summed E-state index contributed by atoms with van der Waals surface area (Å²) in [4.78, 5) is 25.2. The van der Waals surface area contributed by atoms with Gasteiger partial charge in [-0.2, -0.15) is 0 Å². The van der Waals surface area contributed by atoms with Crippen LogP contribution in [0.5, 0.6) is 0 Å². The highest BCUT2D eigenvalue weighted by Crippen LogP contribution is 2.26. The molecule has 0 saturated carbocycles. The molecule has 3 rings (SSSR count). The van der Waals surface area contributed by atoms with E-state index in [0.717, 1.165) is 28.7 Å². The Morgan fingerprint density at radius 3 is 3.05 bits per heavy atom. The predicted octanol–water partition coefficient (Wildman–Crippen LogP) is 1.73. The molecule has 0 atom stereocenters. The highest BCUT2D eigenvalue weighted by molar-refractivity contribution is 9.10. The van der Waals surface area contributed by atoms with E-state index in [-0.39, 0.29) is 0 Å². The Hall–Kier alpha value is -1.86. The summed E-state index contributed by atoms with van der Waals surface area (Å²) in [5, 5.41) is 3.22. The van der Waals surface area contributed by atoms with Gasteiger partial charge >= 0.3 is 5.97 Å². The largest absolute Gasteiger partial charge is 0.464 e. The van der Waals surface area contributed by atoms with Crippen LogP contribution in [0.1, 0.15) is 21.7 Å². The molecule has 0 bridgehead atoms. The van der Waals surface area contributed by atoms with Gasteiger partial charge in [-0.3, -0.25) is 4.98 Å². The number of methoxy groups -OCH3 is 1. The van der Waals surface area contributed by atoms with Crippen LogP contribution in [-0.4, -0.2) is 34.6 Å². The van der Waals surface area contributed by atoms with Crippen LogP contribution in [0.15, 0.2) is 22.8 Å². The summed E-state index contributed by atoms with van der Waals surface area (Å²) in [6.07, 6.45) is 2.42. The number of carbonyl (C=O) groups excluding carboxylic acids is 1. The lowest BCUT2D eigenvalue weighted by atomic mass is 10.0. The van der Waals surface area contributed by atoms with Gasteiger partial charge in [-0.05, 0) is 28.1 Å². The normalized spacial score (nSPS) is 13.6. The minimum absolute atomic E-state index is 0.308. The molecule has 0 radical (unpaired) electrons. The first-order chi connectivity index (χ1) is 10.2. The number of hydrogen-bond donors (Lipinski definition) is 1. The molecule has 7 heteroatoms. The van der Waals surface area contributed by atoms with Crippen LogP contribution < -0.4 is 5.32 Å². The standard InChI is InChI=1S/C14H13BrN4O2/c1-21-14(20)11-8-7-16-6-4-10(8)18-13(19-11)12-9(15)3-2-5-17-12/h2-3,5,16H,4,6-7H2,1H3. The number of fused-ring (bicyclic) bond motifs is 1. The van der Waals surface area contributed by atoms with Crippen molar-refractivity contribution in [1.29, 1.82) is 0 Å². The summed E-state index contributed by atoms with van der Waals surface area (Å²) in [5.41, 5.74) is 2.60. The molecule has 2 aromatic heterocycles. The number of aromatic nitrogens is 3. The molecule has 0 saturated heterocycles. The summed E-state index contributed by atoms with van der Waals surface area (Å²) >= 11 is 3.44. The smallest absolute Gasteiger partial charge is 0.357 e. The van der Waals surface area contributed by atoms with Crippen molar-refractivity contribution in [2.24, 2.45) is 0 Å². The number of rotatable bonds is 2. The molecule has 21 heavy (non-hydrogen) atoms. The Bertz CT molecular complexity index is 705. The summed E-state index contributed by atoms with van der Waals surface area (Å²) < 4.78 is 5.62. The van der Waals surface area contributed by atoms with Crippen LogP contribution in [0.2, 0.25) is 0 Å². The van der Waals surface area contributed by atoms with Gasteiger partial charge in [-0.15, -0.1) is 0 Å². The van der Waals surface area contributed by atoms with Crippen molar-refractivity contribution in [3.63, 3.8) is 0 Å². The van der Waals surface area contributed by atoms with E-state index in [4.69, 9.17) is 4.74 Å². The monoisotopic (exact) mass is 348 g/mol. The molecule has 0 unspecified atom stereocenters. The number of halogens is 1. The van der Waals surface area contributed by atoms with Crippen molar-refractivity contribution >= 4 is 21.9 Å². The van der Waals surface area contributed by atoms with E-state index in [2.05, 4.69) is 36.2 Å². The summed E-state index contributed by atoms with van der Waals surface area (Å²) in [6, 6.07) is 3.68. The third-order valence-electron chi connectivity index (χ3n) is 3.28. The van der Waals surface area contributed by atoms with Gasteiger partial charge in [-0.1, -0.05) is 0 Å². The van der Waals surface area contributed by atoms with Crippen LogP contribution in [0.4, 0.5) is 0 Å². The molecule has 0 aliphatic carbocycles. The minimum atomic E-state index is -0.453. The number of pyridine rings is 1. The topological polar surface area (TPSA) is 77.0 Å². The summed E-state index contributed by atoms with van der Waals surface area (Å²) in [6.45, 7) is 1.40. The molecule has 108 valence electrons. The van der Waals surface area contributed by atoms with Gasteiger partial charge in [0.15, 0.2) is 11.5 Å². The molecular weight excluding hydrogens is 336 g/mol. The van der Waals surface area contributed by atoms with E-state index in [9.17, 15) is 4.79 Å². The van der Waals surface area contributed by atoms with Crippen molar-refractivity contribution in [3.8, 4) is 11.5 Å². The summed E-state index contributed by atoms with van der Waals surface area (Å²) in [7, 11) is 1.35. The predicted molar refractivity (Wildman–Crippen MR) is 79.7 cm³/mol. The van der Waals surface area contributed by atoms with Crippen LogP contribution in [0.3, 0.4) is 0 Å². The van der Waals surface area contributed by atoms with Crippen LogP contribution in [0, 0.1) is 0 Å². The van der Waals surface area contributed by atoms with Gasteiger partial charge in [0, 0.05) is 35.7 Å². The zero-order chi connectivity index (χ0) is 14.8. The van der Waals surface area contributed by atoms with E-state index < -0.39 is 5.97 Å². The zero-order valence-corrected chi connectivity index (χ0v) is 13.0. The number of ether oxygens (including phenoxy) is 1. The van der Waals surface area contributed by atoms with Crippen LogP contribution in [0.25, 0.3) is 11.5 Å². The molecule has 1 aliphatic rings. The van der Waals surface area contributed by atoms with Crippen LogP contribution >= 0.6 is 15.9 Å². The van der Waals surface area contributed by atoms with E-state index >= 15 is 0 Å². The molecular formula is C14H13BrN4O2.